The summed E-state index contributed by atoms with van der Waals surface area (Å²) in [4.78, 5) is 24.9. The molecule has 0 saturated carbocycles. The van der Waals surface area contributed by atoms with Crippen molar-refractivity contribution in [3.8, 4) is 0 Å². The van der Waals surface area contributed by atoms with Crippen molar-refractivity contribution in [2.75, 3.05) is 32.6 Å². The van der Waals surface area contributed by atoms with E-state index in [0.717, 1.165) is 5.56 Å². The first-order valence-electron chi connectivity index (χ1n) is 7.75. The van der Waals surface area contributed by atoms with Crippen molar-refractivity contribution in [2.45, 2.75) is 26.8 Å². The number of nitrogens with one attached hydrogen (secondary N) is 2. The molecule has 1 aromatic carbocycles. The van der Waals surface area contributed by atoms with Crippen LogP contribution in [0.25, 0.3) is 0 Å². The fourth-order valence-corrected chi connectivity index (χ4v) is 1.84. The second-order valence-corrected chi connectivity index (χ2v) is 6.14. The molecule has 2 N–H and O–H groups in total. The number of hydrogen-bond acceptors (Lipinski definition) is 3. The molecule has 0 saturated heterocycles. The molecule has 1 rings (SSSR count). The molecule has 1 unspecified atom stereocenters. The Kier molecular flexibility index (Phi) is 7.54. The van der Waals surface area contributed by atoms with E-state index in [-0.39, 0.29) is 24.6 Å². The van der Waals surface area contributed by atoms with Gasteiger partial charge >= 0.3 is 6.03 Å². The van der Waals surface area contributed by atoms with E-state index < -0.39 is 0 Å². The molecule has 0 fully saturated rings. The maximum Gasteiger partial charge on any atom is 0.317 e. The molecule has 0 aliphatic carbocycles. The summed E-state index contributed by atoms with van der Waals surface area (Å²) < 4.78 is 5.29. The Balaban J connectivity index is 2.49. The first-order chi connectivity index (χ1) is 10.8. The molecule has 6 heteroatoms. The lowest BCUT2D eigenvalue weighted by Gasteiger charge is -2.18. The van der Waals surface area contributed by atoms with E-state index in [1.165, 1.54) is 4.90 Å². The average Bonchev–Trinajstić information content (AvgIpc) is 2.47. The summed E-state index contributed by atoms with van der Waals surface area (Å²) in [7, 11) is 3.39. The van der Waals surface area contributed by atoms with Gasteiger partial charge in [0.2, 0.25) is 5.91 Å². The normalized spacial score (nSPS) is 11.9. The Bertz CT molecular complexity index is 512. The van der Waals surface area contributed by atoms with Gasteiger partial charge in [0, 0.05) is 26.4 Å². The summed E-state index contributed by atoms with van der Waals surface area (Å²) >= 11 is 0. The van der Waals surface area contributed by atoms with Crippen molar-refractivity contribution in [2.24, 2.45) is 5.92 Å². The largest absolute Gasteiger partial charge is 0.371 e. The van der Waals surface area contributed by atoms with Crippen LogP contribution < -0.4 is 10.6 Å². The van der Waals surface area contributed by atoms with E-state index >= 15 is 0 Å². The standard InChI is InChI=1S/C17H27N3O3/c1-12(2)10-23-11-16(21)19-15-8-6-14(7-9-15)13(3)18-17(22)20(4)5/h6-9,12-13H,10-11H2,1-5H3,(H,18,22)(H,19,21). The molecule has 1 aromatic rings. The highest BCUT2D eigenvalue weighted by Crippen LogP contribution is 2.16. The van der Waals surface area contributed by atoms with Gasteiger partial charge in [-0.2, -0.15) is 0 Å². The van der Waals surface area contributed by atoms with Crippen molar-refractivity contribution in [1.82, 2.24) is 10.2 Å². The monoisotopic (exact) mass is 321 g/mol. The van der Waals surface area contributed by atoms with E-state index in [1.54, 1.807) is 14.1 Å². The predicted octanol–water partition coefficient (Wildman–Crippen LogP) is 2.63. The molecule has 0 bridgehead atoms. The second kappa shape index (κ2) is 9.15. The van der Waals surface area contributed by atoms with Gasteiger partial charge in [0.05, 0.1) is 6.04 Å². The first-order valence-corrected chi connectivity index (χ1v) is 7.75. The zero-order chi connectivity index (χ0) is 17.4. The maximum absolute atomic E-state index is 11.7. The second-order valence-electron chi connectivity index (χ2n) is 6.14. The Morgan fingerprint density at radius 2 is 1.74 bits per heavy atom. The lowest BCUT2D eigenvalue weighted by Crippen LogP contribution is -2.36. The summed E-state index contributed by atoms with van der Waals surface area (Å²) in [6.07, 6.45) is 0. The van der Waals surface area contributed by atoms with Crippen LogP contribution in [0.5, 0.6) is 0 Å². The molecule has 0 heterocycles. The molecule has 1 atom stereocenters. The van der Waals surface area contributed by atoms with Gasteiger partial charge < -0.3 is 20.3 Å². The van der Waals surface area contributed by atoms with Gasteiger partial charge in [-0.05, 0) is 30.5 Å². The van der Waals surface area contributed by atoms with Crippen LogP contribution in [-0.4, -0.2) is 44.1 Å². The van der Waals surface area contributed by atoms with Crippen LogP contribution >= 0.6 is 0 Å². The molecule has 3 amide bonds. The van der Waals surface area contributed by atoms with Crippen LogP contribution in [0.15, 0.2) is 24.3 Å². The van der Waals surface area contributed by atoms with E-state index in [9.17, 15) is 9.59 Å². The van der Waals surface area contributed by atoms with Gasteiger partial charge in [0.15, 0.2) is 0 Å². The van der Waals surface area contributed by atoms with Crippen LogP contribution in [-0.2, 0) is 9.53 Å². The number of anilines is 1. The number of nitrogens with zero attached hydrogens (tertiary/aromatic N) is 1. The topological polar surface area (TPSA) is 70.7 Å². The number of urea groups is 1. The number of rotatable bonds is 7. The maximum atomic E-state index is 11.7. The van der Waals surface area contributed by atoms with E-state index in [4.69, 9.17) is 4.74 Å². The molecular weight excluding hydrogens is 294 g/mol. The Morgan fingerprint density at radius 3 is 2.26 bits per heavy atom. The van der Waals surface area contributed by atoms with Gasteiger partial charge in [-0.3, -0.25) is 4.79 Å². The van der Waals surface area contributed by atoms with E-state index in [1.807, 2.05) is 45.0 Å². The summed E-state index contributed by atoms with van der Waals surface area (Å²) in [6.45, 7) is 6.60. The summed E-state index contributed by atoms with van der Waals surface area (Å²) in [5, 5.41) is 5.66. The number of amides is 3. The molecule has 6 nitrogen and oxygen atoms in total. The van der Waals surface area contributed by atoms with Crippen LogP contribution in [0.1, 0.15) is 32.4 Å². The summed E-state index contributed by atoms with van der Waals surface area (Å²) in [6, 6.07) is 7.14. The highest BCUT2D eigenvalue weighted by molar-refractivity contribution is 5.91. The lowest BCUT2D eigenvalue weighted by molar-refractivity contribution is -0.120. The van der Waals surface area contributed by atoms with Crippen LogP contribution in [0.2, 0.25) is 0 Å². The van der Waals surface area contributed by atoms with Crippen molar-refractivity contribution in [3.05, 3.63) is 29.8 Å². The van der Waals surface area contributed by atoms with Gasteiger partial charge in [0.25, 0.3) is 0 Å². The first kappa shape index (κ1) is 19.0. The molecule has 23 heavy (non-hydrogen) atoms. The molecule has 0 aliphatic heterocycles. The molecular formula is C17H27N3O3. The number of benzene rings is 1. The van der Waals surface area contributed by atoms with Crippen LogP contribution in [0, 0.1) is 5.92 Å². The van der Waals surface area contributed by atoms with Gasteiger partial charge in [-0.25, -0.2) is 4.79 Å². The third kappa shape index (κ3) is 7.15. The molecule has 0 spiro atoms. The SMILES string of the molecule is CC(C)COCC(=O)Nc1ccc(C(C)NC(=O)N(C)C)cc1. The summed E-state index contributed by atoms with van der Waals surface area (Å²) in [5.74, 6) is 0.230. The third-order valence-electron chi connectivity index (χ3n) is 3.12. The highest BCUT2D eigenvalue weighted by Gasteiger charge is 2.11. The minimum Gasteiger partial charge on any atom is -0.371 e. The minimum absolute atomic E-state index is 0.0508. The minimum atomic E-state index is -0.174. The number of hydrogen-bond donors (Lipinski definition) is 2. The molecule has 0 aromatic heterocycles. The Labute approximate surface area is 138 Å². The van der Waals surface area contributed by atoms with Gasteiger partial charge in [-0.1, -0.05) is 26.0 Å². The van der Waals surface area contributed by atoms with Crippen molar-refractivity contribution in [3.63, 3.8) is 0 Å². The molecule has 128 valence electrons. The quantitative estimate of drug-likeness (QED) is 0.811. The number of ether oxygens (including phenoxy) is 1. The smallest absolute Gasteiger partial charge is 0.317 e. The summed E-state index contributed by atoms with van der Waals surface area (Å²) in [5.41, 5.74) is 1.67. The van der Waals surface area contributed by atoms with Crippen LogP contribution in [0.4, 0.5) is 10.5 Å². The Morgan fingerprint density at radius 1 is 1.13 bits per heavy atom. The van der Waals surface area contributed by atoms with E-state index in [0.29, 0.717) is 18.2 Å². The molecule has 0 aliphatic rings. The molecule has 0 radical (unpaired) electrons. The van der Waals surface area contributed by atoms with Crippen molar-refractivity contribution >= 4 is 17.6 Å². The van der Waals surface area contributed by atoms with Gasteiger partial charge in [0.1, 0.15) is 6.61 Å². The van der Waals surface area contributed by atoms with Crippen LogP contribution in [0.3, 0.4) is 0 Å². The zero-order valence-electron chi connectivity index (χ0n) is 14.6. The average molecular weight is 321 g/mol. The highest BCUT2D eigenvalue weighted by atomic mass is 16.5. The van der Waals surface area contributed by atoms with Crippen molar-refractivity contribution in [1.29, 1.82) is 0 Å². The third-order valence-corrected chi connectivity index (χ3v) is 3.12. The lowest BCUT2D eigenvalue weighted by atomic mass is 10.1. The Hall–Kier alpha value is -2.08. The van der Waals surface area contributed by atoms with E-state index in [2.05, 4.69) is 10.6 Å². The predicted molar refractivity (Wildman–Crippen MR) is 91.4 cm³/mol. The zero-order valence-corrected chi connectivity index (χ0v) is 14.6. The van der Waals surface area contributed by atoms with Crippen molar-refractivity contribution < 1.29 is 14.3 Å². The fraction of sp³-hybridized carbons (Fsp3) is 0.529. The number of carbonyl (C=O) groups excluding carboxylic acids is 2. The fourth-order valence-electron chi connectivity index (χ4n) is 1.84. The number of carbonyl (C=O) groups is 2. The van der Waals surface area contributed by atoms with Gasteiger partial charge in [-0.15, -0.1) is 0 Å².